The van der Waals surface area contributed by atoms with E-state index in [1.807, 2.05) is 12.1 Å². The number of benzene rings is 2. The SMILES string of the molecule is COC(=O)c1ccc(NC(=O)N(C(=O)CCC[C@H](CC(=O)O)c2ccc(CCO)cc2)[C@@H](CC(C)C)C(=O)O)cc1. The number of ether oxygens (including phenoxy) is 1. The number of rotatable bonds is 15. The topological polar surface area (TPSA) is 171 Å². The Bertz CT molecular complexity index is 1190. The molecule has 11 heteroatoms. The van der Waals surface area contributed by atoms with Crippen molar-refractivity contribution >= 4 is 35.5 Å². The zero-order valence-electron chi connectivity index (χ0n) is 23.5. The van der Waals surface area contributed by atoms with Crippen molar-refractivity contribution in [3.8, 4) is 0 Å². The number of nitrogens with zero attached hydrogens (tertiary/aromatic N) is 1. The van der Waals surface area contributed by atoms with Gasteiger partial charge in [0.15, 0.2) is 0 Å². The first-order chi connectivity index (χ1) is 19.5. The van der Waals surface area contributed by atoms with Gasteiger partial charge in [-0.3, -0.25) is 9.59 Å². The molecule has 222 valence electrons. The van der Waals surface area contributed by atoms with Crippen LogP contribution in [0, 0.1) is 5.92 Å². The number of amides is 3. The smallest absolute Gasteiger partial charge is 0.337 e. The van der Waals surface area contributed by atoms with E-state index >= 15 is 0 Å². The molecule has 41 heavy (non-hydrogen) atoms. The van der Waals surface area contributed by atoms with Gasteiger partial charge in [-0.2, -0.15) is 0 Å². The molecule has 0 saturated heterocycles. The quantitative estimate of drug-likeness (QED) is 0.228. The van der Waals surface area contributed by atoms with Gasteiger partial charge in [0.1, 0.15) is 6.04 Å². The molecule has 0 spiro atoms. The van der Waals surface area contributed by atoms with E-state index < -0.39 is 41.8 Å². The summed E-state index contributed by atoms with van der Waals surface area (Å²) in [5.41, 5.74) is 2.18. The number of anilines is 1. The molecule has 0 aromatic heterocycles. The number of hydrogen-bond donors (Lipinski definition) is 4. The lowest BCUT2D eigenvalue weighted by Gasteiger charge is -2.29. The van der Waals surface area contributed by atoms with Crippen molar-refractivity contribution in [2.24, 2.45) is 5.92 Å². The predicted molar refractivity (Wildman–Crippen MR) is 151 cm³/mol. The summed E-state index contributed by atoms with van der Waals surface area (Å²) in [4.78, 5) is 62.6. The Labute approximate surface area is 239 Å². The molecule has 0 aliphatic heterocycles. The molecule has 2 rings (SSSR count). The summed E-state index contributed by atoms with van der Waals surface area (Å²) in [5, 5.41) is 31.0. The number of urea groups is 1. The first-order valence-corrected chi connectivity index (χ1v) is 13.4. The van der Waals surface area contributed by atoms with Crippen LogP contribution in [0.15, 0.2) is 48.5 Å². The molecule has 0 bridgehead atoms. The summed E-state index contributed by atoms with van der Waals surface area (Å²) in [6, 6.07) is 10.6. The van der Waals surface area contributed by atoms with E-state index in [9.17, 15) is 34.2 Å². The van der Waals surface area contributed by atoms with Crippen molar-refractivity contribution in [2.45, 2.75) is 64.3 Å². The molecule has 0 saturated carbocycles. The minimum absolute atomic E-state index is 0.00294. The molecule has 2 aromatic carbocycles. The second-order valence-corrected chi connectivity index (χ2v) is 10.1. The predicted octanol–water partition coefficient (Wildman–Crippen LogP) is 4.30. The Kier molecular flexibility index (Phi) is 13.0. The van der Waals surface area contributed by atoms with Crippen molar-refractivity contribution in [3.05, 3.63) is 65.2 Å². The lowest BCUT2D eigenvalue weighted by molar-refractivity contribution is -0.148. The van der Waals surface area contributed by atoms with E-state index in [0.717, 1.165) is 11.1 Å². The third kappa shape index (κ3) is 10.3. The number of methoxy groups -OCH3 is 1. The number of esters is 1. The Morgan fingerprint density at radius 2 is 1.59 bits per heavy atom. The first kappa shape index (κ1) is 33.0. The number of carbonyl (C=O) groups excluding carboxylic acids is 3. The van der Waals surface area contributed by atoms with Crippen molar-refractivity contribution in [1.29, 1.82) is 0 Å². The summed E-state index contributed by atoms with van der Waals surface area (Å²) in [6.07, 6.45) is 0.731. The second-order valence-electron chi connectivity index (χ2n) is 10.1. The Morgan fingerprint density at radius 1 is 0.951 bits per heavy atom. The largest absolute Gasteiger partial charge is 0.481 e. The highest BCUT2D eigenvalue weighted by molar-refractivity contribution is 6.04. The van der Waals surface area contributed by atoms with Crippen LogP contribution in [0.3, 0.4) is 0 Å². The molecule has 0 unspecified atom stereocenters. The van der Waals surface area contributed by atoms with E-state index in [1.54, 1.807) is 26.0 Å². The maximum Gasteiger partial charge on any atom is 0.337 e. The number of aliphatic hydroxyl groups excluding tert-OH is 1. The van der Waals surface area contributed by atoms with Gasteiger partial charge >= 0.3 is 23.9 Å². The van der Waals surface area contributed by atoms with Crippen LogP contribution in [0.5, 0.6) is 0 Å². The molecule has 0 aliphatic rings. The van der Waals surface area contributed by atoms with Crippen LogP contribution in [0.4, 0.5) is 10.5 Å². The number of hydrogen-bond acceptors (Lipinski definition) is 7. The van der Waals surface area contributed by atoms with Crippen molar-refractivity contribution in [3.63, 3.8) is 0 Å². The molecular formula is C30H38N2O9. The molecule has 0 aliphatic carbocycles. The van der Waals surface area contributed by atoms with Crippen LogP contribution >= 0.6 is 0 Å². The highest BCUT2D eigenvalue weighted by Gasteiger charge is 2.35. The van der Waals surface area contributed by atoms with Crippen LogP contribution in [-0.2, 0) is 25.5 Å². The fourth-order valence-corrected chi connectivity index (χ4v) is 4.49. The number of aliphatic hydroxyl groups is 1. The van der Waals surface area contributed by atoms with E-state index in [2.05, 4.69) is 10.1 Å². The van der Waals surface area contributed by atoms with Gasteiger partial charge in [0.2, 0.25) is 5.91 Å². The maximum atomic E-state index is 13.3. The fourth-order valence-electron chi connectivity index (χ4n) is 4.49. The molecule has 0 fully saturated rings. The van der Waals surface area contributed by atoms with Crippen molar-refractivity contribution < 1.29 is 44.0 Å². The van der Waals surface area contributed by atoms with E-state index in [-0.39, 0.29) is 49.5 Å². The molecule has 0 radical (unpaired) electrons. The highest BCUT2D eigenvalue weighted by atomic mass is 16.5. The van der Waals surface area contributed by atoms with Gasteiger partial charge in [0.25, 0.3) is 0 Å². The highest BCUT2D eigenvalue weighted by Crippen LogP contribution is 2.27. The monoisotopic (exact) mass is 570 g/mol. The number of carboxylic acids is 2. The van der Waals surface area contributed by atoms with Gasteiger partial charge < -0.3 is 25.4 Å². The average Bonchev–Trinajstić information content (AvgIpc) is 2.92. The van der Waals surface area contributed by atoms with Crippen LogP contribution < -0.4 is 5.32 Å². The van der Waals surface area contributed by atoms with Crippen molar-refractivity contribution in [2.75, 3.05) is 19.0 Å². The molecule has 3 amide bonds. The first-order valence-electron chi connectivity index (χ1n) is 13.4. The van der Waals surface area contributed by atoms with Gasteiger partial charge in [-0.05, 0) is 72.9 Å². The van der Waals surface area contributed by atoms with Gasteiger partial charge in [-0.15, -0.1) is 0 Å². The summed E-state index contributed by atoms with van der Waals surface area (Å²) < 4.78 is 4.65. The minimum Gasteiger partial charge on any atom is -0.481 e. The third-order valence-electron chi connectivity index (χ3n) is 6.55. The van der Waals surface area contributed by atoms with E-state index in [1.165, 1.54) is 31.4 Å². The van der Waals surface area contributed by atoms with Gasteiger partial charge in [0.05, 0.1) is 19.1 Å². The zero-order valence-corrected chi connectivity index (χ0v) is 23.5. The molecule has 2 atom stereocenters. The minimum atomic E-state index is -1.41. The summed E-state index contributed by atoms with van der Waals surface area (Å²) in [7, 11) is 1.24. The number of imide groups is 1. The van der Waals surface area contributed by atoms with Crippen molar-refractivity contribution in [1.82, 2.24) is 4.90 Å². The average molecular weight is 571 g/mol. The third-order valence-corrected chi connectivity index (χ3v) is 6.55. The van der Waals surface area contributed by atoms with E-state index in [0.29, 0.717) is 17.7 Å². The Morgan fingerprint density at radius 3 is 2.10 bits per heavy atom. The summed E-state index contributed by atoms with van der Waals surface area (Å²) in [5.74, 6) is -4.12. The Balaban J connectivity index is 2.21. The fraction of sp³-hybridized carbons (Fsp3) is 0.433. The molecular weight excluding hydrogens is 532 g/mol. The molecule has 4 N–H and O–H groups in total. The van der Waals surface area contributed by atoms with Crippen LogP contribution in [-0.4, -0.2) is 69.8 Å². The Hall–Kier alpha value is -4.25. The number of nitrogens with one attached hydrogen (secondary N) is 1. The normalized spacial score (nSPS) is 12.3. The van der Waals surface area contributed by atoms with Crippen LogP contribution in [0.2, 0.25) is 0 Å². The maximum absolute atomic E-state index is 13.3. The standard InChI is InChI=1S/C30H38N2O9/c1-19(2)17-25(28(37)38)32(30(40)31-24-13-11-22(12-14-24)29(39)41-3)26(34)6-4-5-23(18-27(35)36)21-9-7-20(8-10-21)15-16-33/h7-14,19,23,25,33H,4-6,15-18H2,1-3H3,(H,31,40)(H,35,36)(H,37,38)/t23-,25+/m1/s1. The molecule has 0 heterocycles. The zero-order chi connectivity index (χ0) is 30.5. The van der Waals surface area contributed by atoms with Gasteiger partial charge in [-0.25, -0.2) is 19.3 Å². The lowest BCUT2D eigenvalue weighted by atomic mass is 9.89. The van der Waals surface area contributed by atoms with Gasteiger partial charge in [-0.1, -0.05) is 38.1 Å². The van der Waals surface area contributed by atoms with Crippen LogP contribution in [0.1, 0.15) is 73.4 Å². The second kappa shape index (κ2) is 16.1. The lowest BCUT2D eigenvalue weighted by Crippen LogP contribution is -2.51. The van der Waals surface area contributed by atoms with Crippen LogP contribution in [0.25, 0.3) is 0 Å². The number of aliphatic carboxylic acids is 2. The van der Waals surface area contributed by atoms with E-state index in [4.69, 9.17) is 5.11 Å². The number of carbonyl (C=O) groups is 5. The molecule has 11 nitrogen and oxygen atoms in total. The number of carboxylic acid groups (broad SMARTS) is 2. The summed E-state index contributed by atoms with van der Waals surface area (Å²) in [6.45, 7) is 3.56. The molecule has 2 aromatic rings. The summed E-state index contributed by atoms with van der Waals surface area (Å²) >= 11 is 0. The van der Waals surface area contributed by atoms with Gasteiger partial charge in [0, 0.05) is 18.7 Å².